The van der Waals surface area contributed by atoms with Crippen LogP contribution in [0.1, 0.15) is 34.2 Å². The summed E-state index contributed by atoms with van der Waals surface area (Å²) in [6.07, 6.45) is 5.82. The molecule has 2 unspecified atom stereocenters. The van der Waals surface area contributed by atoms with E-state index in [0.717, 1.165) is 67.6 Å². The number of para-hydroxylation sites is 2. The Hall–Kier alpha value is -8.73. The van der Waals surface area contributed by atoms with Crippen molar-refractivity contribution in [2.45, 2.75) is 18.3 Å². The van der Waals surface area contributed by atoms with Crippen molar-refractivity contribution in [1.82, 2.24) is 19.5 Å². The summed E-state index contributed by atoms with van der Waals surface area (Å²) >= 11 is 0. The maximum atomic E-state index is 5.37. The van der Waals surface area contributed by atoms with Crippen LogP contribution >= 0.6 is 0 Å². The van der Waals surface area contributed by atoms with Gasteiger partial charge in [-0.15, -0.1) is 0 Å². The van der Waals surface area contributed by atoms with Gasteiger partial charge in [-0.25, -0.2) is 15.0 Å². The lowest BCUT2D eigenvalue weighted by molar-refractivity contribution is 0.635. The van der Waals surface area contributed by atoms with Crippen molar-refractivity contribution in [3.63, 3.8) is 0 Å². The van der Waals surface area contributed by atoms with Crippen molar-refractivity contribution in [3.05, 3.63) is 259 Å². The van der Waals surface area contributed by atoms with Crippen LogP contribution in [0.5, 0.6) is 0 Å². The molecule has 2 aliphatic carbocycles. The summed E-state index contributed by atoms with van der Waals surface area (Å²) in [6.45, 7) is 0. The Bertz CT molecular complexity index is 3580. The second-order valence-corrected chi connectivity index (χ2v) is 17.9. The number of nitrogens with zero attached hydrogens (tertiary/aromatic N) is 4. The lowest BCUT2D eigenvalue weighted by Crippen LogP contribution is -2.13. The monoisotopic (exact) mass is 868 g/mol. The van der Waals surface area contributed by atoms with Crippen molar-refractivity contribution in [2.24, 2.45) is 0 Å². The summed E-state index contributed by atoms with van der Waals surface area (Å²) in [5.74, 6) is 2.42. The van der Waals surface area contributed by atoms with Crippen LogP contribution in [-0.4, -0.2) is 19.5 Å². The van der Waals surface area contributed by atoms with Gasteiger partial charge in [-0.05, 0) is 86.3 Å². The van der Waals surface area contributed by atoms with Gasteiger partial charge < -0.3 is 4.57 Å². The maximum absolute atomic E-state index is 5.37. The van der Waals surface area contributed by atoms with Crippen LogP contribution < -0.4 is 0 Å². The third-order valence-electron chi connectivity index (χ3n) is 14.0. The standard InChI is InChI=1S/C64H44N4/c1-6-19-42(20-7-1)51-30-18-31-52(43-21-8-2-9-22-43)60(51)48-35-36-50(58(41-48)64-66-62(44-23-10-3-11-24-44)65-63(67-64)45-25-12-4-13-26-45)46-33-34-47-40-57-53(56(47)39-46)37-38-55-54-29-16-17-32-59(54)68(61(55)57)49-27-14-5-15-28-49/h1-39,41,53,57H,40H2. The van der Waals surface area contributed by atoms with E-state index in [1.807, 2.05) is 36.4 Å². The van der Waals surface area contributed by atoms with Crippen LogP contribution in [0.4, 0.5) is 0 Å². The van der Waals surface area contributed by atoms with Crippen LogP contribution in [0, 0.1) is 0 Å². The van der Waals surface area contributed by atoms with Crippen molar-refractivity contribution in [2.75, 3.05) is 0 Å². The van der Waals surface area contributed by atoms with Gasteiger partial charge >= 0.3 is 0 Å². The summed E-state index contributed by atoms with van der Waals surface area (Å²) < 4.78 is 2.52. The number of hydrogen-bond donors (Lipinski definition) is 0. The molecule has 0 radical (unpaired) electrons. The maximum Gasteiger partial charge on any atom is 0.164 e. The zero-order valence-electron chi connectivity index (χ0n) is 37.2. The highest BCUT2D eigenvalue weighted by atomic mass is 15.0. The second kappa shape index (κ2) is 16.6. The highest BCUT2D eigenvalue weighted by molar-refractivity contribution is 5.98. The Morgan fingerprint density at radius 2 is 0.941 bits per heavy atom. The minimum atomic E-state index is 0.227. The molecule has 13 rings (SSSR count). The molecule has 0 bridgehead atoms. The molecule has 4 heteroatoms. The van der Waals surface area contributed by atoms with Crippen LogP contribution in [0.2, 0.25) is 0 Å². The smallest absolute Gasteiger partial charge is 0.164 e. The van der Waals surface area contributed by atoms with Crippen molar-refractivity contribution in [1.29, 1.82) is 0 Å². The summed E-state index contributed by atoms with van der Waals surface area (Å²) in [4.78, 5) is 15.8. The molecule has 0 aliphatic heterocycles. The molecule has 9 aromatic carbocycles. The van der Waals surface area contributed by atoms with E-state index in [1.54, 1.807) is 0 Å². The summed E-state index contributed by atoms with van der Waals surface area (Å²) in [7, 11) is 0. The lowest BCUT2D eigenvalue weighted by Gasteiger charge is -2.25. The molecule has 0 saturated carbocycles. The van der Waals surface area contributed by atoms with E-state index >= 15 is 0 Å². The number of allylic oxidation sites excluding steroid dienone is 1. The molecule has 0 saturated heterocycles. The molecule has 0 N–H and O–H groups in total. The fourth-order valence-electron chi connectivity index (χ4n) is 10.9. The minimum Gasteiger partial charge on any atom is -0.313 e. The first kappa shape index (κ1) is 39.6. The van der Waals surface area contributed by atoms with Crippen LogP contribution in [0.25, 0.3) is 101 Å². The molecule has 2 heterocycles. The molecule has 2 aliphatic rings. The van der Waals surface area contributed by atoms with Gasteiger partial charge in [-0.2, -0.15) is 0 Å². The van der Waals surface area contributed by atoms with E-state index in [1.165, 1.54) is 39.0 Å². The first-order valence-electron chi connectivity index (χ1n) is 23.5. The third-order valence-corrected chi connectivity index (χ3v) is 14.0. The first-order chi connectivity index (χ1) is 33.7. The molecule has 11 aromatic rings. The number of benzene rings is 9. The summed E-state index contributed by atoms with van der Waals surface area (Å²) in [5.41, 5.74) is 19.9. The molecule has 0 spiro atoms. The Labute approximate surface area is 396 Å². The summed E-state index contributed by atoms with van der Waals surface area (Å²) in [6, 6.07) is 82.4. The van der Waals surface area contributed by atoms with Gasteiger partial charge in [-0.3, -0.25) is 0 Å². The van der Waals surface area contributed by atoms with Crippen LogP contribution in [-0.2, 0) is 6.42 Å². The van der Waals surface area contributed by atoms with Crippen molar-refractivity contribution < 1.29 is 0 Å². The molecule has 0 amide bonds. The number of aromatic nitrogens is 4. The normalized spacial score (nSPS) is 14.6. The van der Waals surface area contributed by atoms with Gasteiger partial charge in [-0.1, -0.05) is 218 Å². The average molecular weight is 869 g/mol. The average Bonchev–Trinajstić information content (AvgIpc) is 3.97. The lowest BCUT2D eigenvalue weighted by atomic mass is 9.82. The van der Waals surface area contributed by atoms with Crippen LogP contribution in [0.3, 0.4) is 0 Å². The molecule has 0 fully saturated rings. The fraction of sp³-hybridized carbons (Fsp3) is 0.0469. The van der Waals surface area contributed by atoms with Crippen molar-refractivity contribution >= 4 is 17.0 Å². The molecule has 4 nitrogen and oxygen atoms in total. The third kappa shape index (κ3) is 6.80. The highest BCUT2D eigenvalue weighted by Crippen LogP contribution is 2.53. The molecule has 2 atom stereocenters. The molecule has 68 heavy (non-hydrogen) atoms. The van der Waals surface area contributed by atoms with Gasteiger partial charge in [0.1, 0.15) is 0 Å². The van der Waals surface area contributed by atoms with Gasteiger partial charge in [0.25, 0.3) is 0 Å². The fourth-order valence-corrected chi connectivity index (χ4v) is 10.9. The molecular formula is C64H44N4. The topological polar surface area (TPSA) is 43.6 Å². The quantitative estimate of drug-likeness (QED) is 0.153. The number of fused-ring (bicyclic) bond motifs is 7. The Kier molecular flexibility index (Phi) is 9.68. The SMILES string of the molecule is C1=CC2c3cc(-c4ccc(-c5c(-c6ccccc6)cccc5-c5ccccc5)cc4-c4nc(-c5ccccc5)nc(-c5ccccc5)n4)ccc3CC2c2c1c1ccccc1n2-c1ccccc1. The Morgan fingerprint density at radius 1 is 0.397 bits per heavy atom. The van der Waals surface area contributed by atoms with Gasteiger partial charge in [0.15, 0.2) is 17.5 Å². The van der Waals surface area contributed by atoms with E-state index in [9.17, 15) is 0 Å². The second-order valence-electron chi connectivity index (χ2n) is 17.9. The number of rotatable bonds is 8. The van der Waals surface area contributed by atoms with Gasteiger partial charge in [0, 0.05) is 50.9 Å². The van der Waals surface area contributed by atoms with E-state index in [-0.39, 0.29) is 5.92 Å². The van der Waals surface area contributed by atoms with Gasteiger partial charge in [0.05, 0.1) is 5.52 Å². The number of hydrogen-bond acceptors (Lipinski definition) is 3. The largest absolute Gasteiger partial charge is 0.313 e. The van der Waals surface area contributed by atoms with E-state index in [2.05, 4.69) is 211 Å². The highest BCUT2D eigenvalue weighted by Gasteiger charge is 2.39. The zero-order valence-corrected chi connectivity index (χ0v) is 37.2. The van der Waals surface area contributed by atoms with Crippen LogP contribution in [0.15, 0.2) is 237 Å². The zero-order chi connectivity index (χ0) is 45.0. The Balaban J connectivity index is 1.02. The van der Waals surface area contributed by atoms with E-state index in [0.29, 0.717) is 23.4 Å². The minimum absolute atomic E-state index is 0.227. The molecular weight excluding hydrogens is 825 g/mol. The first-order valence-corrected chi connectivity index (χ1v) is 23.5. The summed E-state index contributed by atoms with van der Waals surface area (Å²) in [5, 5.41) is 1.30. The van der Waals surface area contributed by atoms with Crippen molar-refractivity contribution in [3.8, 4) is 84.4 Å². The predicted molar refractivity (Wildman–Crippen MR) is 279 cm³/mol. The predicted octanol–water partition coefficient (Wildman–Crippen LogP) is 15.9. The molecule has 320 valence electrons. The van der Waals surface area contributed by atoms with E-state index < -0.39 is 0 Å². The molecule has 2 aromatic heterocycles. The van der Waals surface area contributed by atoms with E-state index in [4.69, 9.17) is 15.0 Å². The Morgan fingerprint density at radius 3 is 1.57 bits per heavy atom. The van der Waals surface area contributed by atoms with Gasteiger partial charge in [0.2, 0.25) is 0 Å².